The lowest BCUT2D eigenvalue weighted by Crippen LogP contribution is -2.15. The summed E-state index contributed by atoms with van der Waals surface area (Å²) in [4.78, 5) is 30.4. The number of nitrogens with zero attached hydrogens (tertiary/aromatic N) is 4. The second-order valence-corrected chi connectivity index (χ2v) is 8.68. The van der Waals surface area contributed by atoms with Crippen molar-refractivity contribution in [2.24, 2.45) is 0 Å². The Morgan fingerprint density at radius 2 is 1.89 bits per heavy atom. The normalized spacial score (nSPS) is 10.9. The van der Waals surface area contributed by atoms with Crippen molar-refractivity contribution in [2.75, 3.05) is 5.32 Å². The summed E-state index contributed by atoms with van der Waals surface area (Å²) in [6.45, 7) is 1.86. The Hall–Kier alpha value is -4.63. The fourth-order valence-electron chi connectivity index (χ4n) is 3.80. The summed E-state index contributed by atoms with van der Waals surface area (Å²) >= 11 is 6.33. The van der Waals surface area contributed by atoms with E-state index < -0.39 is 11.7 Å². The zero-order valence-corrected chi connectivity index (χ0v) is 20.3. The minimum atomic E-state index is -0.552. The zero-order valence-electron chi connectivity index (χ0n) is 19.6. The van der Waals surface area contributed by atoms with Crippen LogP contribution in [0, 0.1) is 12.7 Å². The molecule has 0 unspecified atom stereocenters. The number of carbonyl (C=O) groups excluding carboxylic acids is 2. The van der Waals surface area contributed by atoms with Crippen LogP contribution in [0.2, 0.25) is 5.02 Å². The van der Waals surface area contributed by atoms with Gasteiger partial charge in [-0.05, 0) is 48.9 Å². The van der Waals surface area contributed by atoms with Gasteiger partial charge in [-0.3, -0.25) is 19.7 Å². The highest BCUT2D eigenvalue weighted by molar-refractivity contribution is 6.34. The first-order chi connectivity index (χ1) is 17.9. The van der Waals surface area contributed by atoms with Crippen LogP contribution in [0.1, 0.15) is 32.1 Å². The van der Waals surface area contributed by atoms with E-state index in [0.29, 0.717) is 16.9 Å². The van der Waals surface area contributed by atoms with Gasteiger partial charge in [0, 0.05) is 23.5 Å². The van der Waals surface area contributed by atoms with Gasteiger partial charge in [0.05, 0.1) is 28.9 Å². The highest BCUT2D eigenvalue weighted by Crippen LogP contribution is 2.27. The van der Waals surface area contributed by atoms with E-state index in [0.717, 1.165) is 5.56 Å². The number of aromatic amines is 1. The maximum absolute atomic E-state index is 14.3. The molecule has 3 aromatic heterocycles. The molecule has 8 nitrogen and oxygen atoms in total. The minimum Gasteiger partial charge on any atom is -0.306 e. The minimum absolute atomic E-state index is 0.0779. The molecule has 10 heteroatoms. The van der Waals surface area contributed by atoms with Crippen LogP contribution >= 0.6 is 11.6 Å². The summed E-state index contributed by atoms with van der Waals surface area (Å²) in [7, 11) is 0. The first-order valence-electron chi connectivity index (χ1n) is 11.3. The molecule has 2 N–H and O–H groups in total. The number of anilines is 1. The molecular formula is C27H20ClFN6O2. The number of benzene rings is 2. The number of H-pyrrole nitrogens is 1. The van der Waals surface area contributed by atoms with Crippen molar-refractivity contribution < 1.29 is 14.0 Å². The quantitative estimate of drug-likeness (QED) is 0.281. The lowest BCUT2D eigenvalue weighted by molar-refractivity contribution is 0.0984. The van der Waals surface area contributed by atoms with Gasteiger partial charge < -0.3 is 5.32 Å². The average Bonchev–Trinajstić information content (AvgIpc) is 3.51. The number of hydrogen-bond donors (Lipinski definition) is 2. The zero-order chi connectivity index (χ0) is 25.9. The van der Waals surface area contributed by atoms with Crippen molar-refractivity contribution in [3.63, 3.8) is 0 Å². The number of rotatable bonds is 7. The number of hydrogen-bond acceptors (Lipinski definition) is 5. The average molecular weight is 515 g/mol. The number of Topliss-reactive ketones (excluding diaryl/α,β-unsaturated/α-hetero) is 1. The number of halogens is 2. The summed E-state index contributed by atoms with van der Waals surface area (Å²) in [6, 6.07) is 17.9. The second kappa shape index (κ2) is 10.2. The maximum atomic E-state index is 14.3. The van der Waals surface area contributed by atoms with E-state index in [1.165, 1.54) is 41.2 Å². The third kappa shape index (κ3) is 5.03. The molecule has 5 aromatic rings. The van der Waals surface area contributed by atoms with Gasteiger partial charge in [-0.1, -0.05) is 35.9 Å². The number of nitrogens with one attached hydrogen (secondary N) is 2. The standard InChI is InChI=1S/C27H20ClFN6O2/c1-16-15-31-33-22(16)13-24(36)23-14-25(35(34-23)18-6-3-2-4-7-18)32-27(37)19-12-17(9-10-20(19)28)26-21(29)8-5-11-30-26/h2-12,14-15H,13H2,1H3,(H,31,33)(H,32,37). The van der Waals surface area contributed by atoms with Crippen molar-refractivity contribution in [3.8, 4) is 16.9 Å². The number of carbonyl (C=O) groups is 2. The molecule has 0 radical (unpaired) electrons. The highest BCUT2D eigenvalue weighted by Gasteiger charge is 2.21. The number of para-hydroxylation sites is 1. The maximum Gasteiger partial charge on any atom is 0.258 e. The van der Waals surface area contributed by atoms with Crippen molar-refractivity contribution in [2.45, 2.75) is 13.3 Å². The van der Waals surface area contributed by atoms with E-state index in [-0.39, 0.29) is 40.0 Å². The Labute approximate surface area is 216 Å². The Bertz CT molecular complexity index is 1610. The van der Waals surface area contributed by atoms with Crippen LogP contribution in [0.3, 0.4) is 0 Å². The smallest absolute Gasteiger partial charge is 0.258 e. The molecule has 0 saturated heterocycles. The van der Waals surface area contributed by atoms with E-state index >= 15 is 0 Å². The Morgan fingerprint density at radius 1 is 1.08 bits per heavy atom. The number of amides is 1. The molecule has 0 fully saturated rings. The third-order valence-electron chi connectivity index (χ3n) is 5.75. The fraction of sp³-hybridized carbons (Fsp3) is 0.0741. The Kier molecular flexibility index (Phi) is 6.61. The van der Waals surface area contributed by atoms with E-state index in [9.17, 15) is 14.0 Å². The number of aromatic nitrogens is 5. The van der Waals surface area contributed by atoms with Crippen LogP contribution in [0.25, 0.3) is 16.9 Å². The molecule has 0 aliphatic carbocycles. The molecule has 184 valence electrons. The predicted octanol–water partition coefficient (Wildman–Crippen LogP) is 5.44. The van der Waals surface area contributed by atoms with Gasteiger partial charge in [-0.15, -0.1) is 0 Å². The van der Waals surface area contributed by atoms with E-state index in [1.807, 2.05) is 25.1 Å². The van der Waals surface area contributed by atoms with Gasteiger partial charge in [0.25, 0.3) is 5.91 Å². The topological polar surface area (TPSA) is 106 Å². The molecule has 2 aromatic carbocycles. The first kappa shape index (κ1) is 24.1. The van der Waals surface area contributed by atoms with Crippen LogP contribution in [0.5, 0.6) is 0 Å². The summed E-state index contributed by atoms with van der Waals surface area (Å²) in [6.07, 6.45) is 3.19. The molecule has 0 saturated carbocycles. The monoisotopic (exact) mass is 514 g/mol. The molecule has 37 heavy (non-hydrogen) atoms. The van der Waals surface area contributed by atoms with Gasteiger partial charge in [0.15, 0.2) is 5.78 Å². The fourth-order valence-corrected chi connectivity index (χ4v) is 4.01. The summed E-state index contributed by atoms with van der Waals surface area (Å²) in [5, 5.41) is 14.2. The first-order valence-corrected chi connectivity index (χ1v) is 11.7. The van der Waals surface area contributed by atoms with Crippen LogP contribution in [0.4, 0.5) is 10.2 Å². The highest BCUT2D eigenvalue weighted by atomic mass is 35.5. The molecule has 5 rings (SSSR count). The van der Waals surface area contributed by atoms with Gasteiger partial charge >= 0.3 is 0 Å². The van der Waals surface area contributed by atoms with E-state index in [4.69, 9.17) is 11.6 Å². The number of ketones is 1. The summed E-state index contributed by atoms with van der Waals surface area (Å²) in [5.74, 6) is -1.05. The number of pyridine rings is 1. The molecule has 0 aliphatic heterocycles. The van der Waals surface area contributed by atoms with Crippen LogP contribution in [0.15, 0.2) is 79.1 Å². The van der Waals surface area contributed by atoms with E-state index in [2.05, 4.69) is 25.6 Å². The SMILES string of the molecule is Cc1cn[nH]c1CC(=O)c1cc(NC(=O)c2cc(-c3ncccc3F)ccc2Cl)n(-c2ccccc2)n1. The molecule has 0 atom stereocenters. The lowest BCUT2D eigenvalue weighted by Gasteiger charge is -2.11. The van der Waals surface area contributed by atoms with Crippen molar-refractivity contribution in [3.05, 3.63) is 112 Å². The van der Waals surface area contributed by atoms with Gasteiger partial charge in [0.1, 0.15) is 23.0 Å². The number of aryl methyl sites for hydroxylation is 1. The van der Waals surface area contributed by atoms with E-state index in [1.54, 1.807) is 24.4 Å². The third-order valence-corrected chi connectivity index (χ3v) is 6.08. The summed E-state index contributed by atoms with van der Waals surface area (Å²) < 4.78 is 15.8. The predicted molar refractivity (Wildman–Crippen MR) is 138 cm³/mol. The molecule has 1 amide bonds. The van der Waals surface area contributed by atoms with Crippen LogP contribution in [-0.2, 0) is 6.42 Å². The van der Waals surface area contributed by atoms with Gasteiger partial charge in [0.2, 0.25) is 0 Å². The van der Waals surface area contributed by atoms with Crippen molar-refractivity contribution in [1.82, 2.24) is 25.0 Å². The molecule has 0 bridgehead atoms. The molecule has 0 spiro atoms. The largest absolute Gasteiger partial charge is 0.306 e. The summed E-state index contributed by atoms with van der Waals surface area (Å²) in [5.41, 5.74) is 2.98. The van der Waals surface area contributed by atoms with Crippen LogP contribution < -0.4 is 5.32 Å². The Balaban J connectivity index is 1.49. The Morgan fingerprint density at radius 3 is 2.62 bits per heavy atom. The van der Waals surface area contributed by atoms with Crippen molar-refractivity contribution >= 4 is 29.1 Å². The molecular weight excluding hydrogens is 495 g/mol. The van der Waals surface area contributed by atoms with Crippen LogP contribution in [-0.4, -0.2) is 36.7 Å². The van der Waals surface area contributed by atoms with Gasteiger partial charge in [-0.25, -0.2) is 9.07 Å². The molecule has 0 aliphatic rings. The second-order valence-electron chi connectivity index (χ2n) is 8.28. The molecule has 3 heterocycles. The van der Waals surface area contributed by atoms with Crippen molar-refractivity contribution in [1.29, 1.82) is 0 Å². The van der Waals surface area contributed by atoms with Gasteiger partial charge in [-0.2, -0.15) is 10.2 Å². The lowest BCUT2D eigenvalue weighted by atomic mass is 10.1.